The zero-order valence-electron chi connectivity index (χ0n) is 21.7. The Bertz CT molecular complexity index is 1960. The number of thiophene rings is 1. The van der Waals surface area contributed by atoms with E-state index in [2.05, 4.69) is 129 Å². The van der Waals surface area contributed by atoms with E-state index >= 15 is 0 Å². The second-order valence-corrected chi connectivity index (χ2v) is 11.2. The van der Waals surface area contributed by atoms with Crippen molar-refractivity contribution in [2.45, 2.75) is 12.3 Å². The molecular formula is C34H27N5S. The Morgan fingerprint density at radius 3 is 2.55 bits per heavy atom. The first-order valence-corrected chi connectivity index (χ1v) is 14.4. The molecule has 0 saturated heterocycles. The minimum atomic E-state index is -0.0630. The molecule has 2 unspecified atom stereocenters. The highest BCUT2D eigenvalue weighted by molar-refractivity contribution is 7.23. The Kier molecular flexibility index (Phi) is 5.53. The van der Waals surface area contributed by atoms with Gasteiger partial charge in [-0.25, -0.2) is 0 Å². The molecule has 40 heavy (non-hydrogen) atoms. The van der Waals surface area contributed by atoms with Crippen LogP contribution in [0.15, 0.2) is 127 Å². The molecule has 8 rings (SSSR count). The van der Waals surface area contributed by atoms with E-state index in [9.17, 15) is 0 Å². The molecular weight excluding hydrogens is 510 g/mol. The molecule has 0 saturated carbocycles. The van der Waals surface area contributed by atoms with Gasteiger partial charge in [0.25, 0.3) is 0 Å². The van der Waals surface area contributed by atoms with Gasteiger partial charge in [0.15, 0.2) is 0 Å². The first-order chi connectivity index (χ1) is 19.8. The van der Waals surface area contributed by atoms with E-state index in [-0.39, 0.29) is 12.3 Å². The average molecular weight is 538 g/mol. The van der Waals surface area contributed by atoms with Crippen LogP contribution < -0.4 is 16.0 Å². The molecule has 0 amide bonds. The summed E-state index contributed by atoms with van der Waals surface area (Å²) in [6.45, 7) is 0.820. The summed E-state index contributed by atoms with van der Waals surface area (Å²) in [5.41, 5.74) is 7.15. The second-order valence-electron chi connectivity index (χ2n) is 10.2. The predicted molar refractivity (Wildman–Crippen MR) is 167 cm³/mol. The lowest BCUT2D eigenvalue weighted by Crippen LogP contribution is -2.49. The van der Waals surface area contributed by atoms with Crippen LogP contribution in [-0.4, -0.2) is 22.3 Å². The molecule has 3 N–H and O–H groups in total. The Morgan fingerprint density at radius 1 is 0.850 bits per heavy atom. The minimum Gasteiger partial charge on any atom is -0.387 e. The van der Waals surface area contributed by atoms with Crippen molar-refractivity contribution in [3.63, 3.8) is 0 Å². The summed E-state index contributed by atoms with van der Waals surface area (Å²) in [7, 11) is 0. The predicted octanol–water partition coefficient (Wildman–Crippen LogP) is 7.17. The maximum atomic E-state index is 4.25. The summed E-state index contributed by atoms with van der Waals surface area (Å²) in [6.07, 6.45) is 12.3. The summed E-state index contributed by atoms with van der Waals surface area (Å²) in [4.78, 5) is 5.54. The van der Waals surface area contributed by atoms with E-state index in [4.69, 9.17) is 0 Å². The molecule has 5 nitrogen and oxygen atoms in total. The summed E-state index contributed by atoms with van der Waals surface area (Å²) >= 11 is 1.88. The molecule has 2 aliphatic heterocycles. The number of benzene rings is 3. The molecule has 0 radical (unpaired) electrons. The number of dihydropyridines is 1. The summed E-state index contributed by atoms with van der Waals surface area (Å²) < 4.78 is 3.80. The van der Waals surface area contributed by atoms with Crippen molar-refractivity contribution < 1.29 is 0 Å². The fraction of sp³-hybridized carbons (Fsp3) is 0.0882. The molecule has 194 valence electrons. The number of pyridine rings is 1. The van der Waals surface area contributed by atoms with Gasteiger partial charge >= 0.3 is 0 Å². The van der Waals surface area contributed by atoms with Crippen molar-refractivity contribution in [3.8, 4) is 10.4 Å². The molecule has 3 aromatic heterocycles. The number of para-hydroxylation sites is 1. The maximum absolute atomic E-state index is 4.25. The Hall–Kier alpha value is -4.65. The Labute approximate surface area is 236 Å². The van der Waals surface area contributed by atoms with Crippen molar-refractivity contribution in [1.82, 2.24) is 25.5 Å². The fourth-order valence-corrected chi connectivity index (χ4v) is 7.19. The lowest BCUT2D eigenvalue weighted by atomic mass is 10.1. The fourth-order valence-electron chi connectivity index (χ4n) is 5.97. The average Bonchev–Trinajstić information content (AvgIpc) is 3.62. The number of nitrogens with one attached hydrogen (secondary N) is 3. The van der Waals surface area contributed by atoms with Crippen LogP contribution in [0.4, 0.5) is 0 Å². The third-order valence-electron chi connectivity index (χ3n) is 7.83. The van der Waals surface area contributed by atoms with Crippen LogP contribution in [0.2, 0.25) is 0 Å². The van der Waals surface area contributed by atoms with Gasteiger partial charge in [0.2, 0.25) is 0 Å². The quantitative estimate of drug-likeness (QED) is 0.223. The minimum absolute atomic E-state index is 0.0390. The van der Waals surface area contributed by atoms with E-state index < -0.39 is 0 Å². The lowest BCUT2D eigenvalue weighted by molar-refractivity contribution is 0.411. The maximum Gasteiger partial charge on any atom is 0.108 e. The first kappa shape index (κ1) is 23.3. The largest absolute Gasteiger partial charge is 0.387 e. The van der Waals surface area contributed by atoms with Crippen molar-refractivity contribution in [2.24, 2.45) is 0 Å². The van der Waals surface area contributed by atoms with Gasteiger partial charge in [-0.15, -0.1) is 11.3 Å². The SMILES string of the molecule is C1=CC(C2NC(c3ccncc3)=CC(n3c4ccccc4c4c5sc(-c6ccccc6)cc5ccc43)N2)=CCN1. The molecule has 2 aliphatic rings. The third kappa shape index (κ3) is 3.84. The van der Waals surface area contributed by atoms with Gasteiger partial charge in [-0.3, -0.25) is 10.3 Å². The highest BCUT2D eigenvalue weighted by Crippen LogP contribution is 2.43. The topological polar surface area (TPSA) is 53.9 Å². The van der Waals surface area contributed by atoms with Gasteiger partial charge in [0.05, 0.1) is 11.0 Å². The van der Waals surface area contributed by atoms with Crippen molar-refractivity contribution in [3.05, 3.63) is 133 Å². The third-order valence-corrected chi connectivity index (χ3v) is 9.05. The van der Waals surface area contributed by atoms with Crippen LogP contribution in [0.3, 0.4) is 0 Å². The van der Waals surface area contributed by atoms with E-state index in [1.54, 1.807) is 0 Å². The van der Waals surface area contributed by atoms with Crippen LogP contribution in [0, 0.1) is 0 Å². The molecule has 6 heteroatoms. The Morgan fingerprint density at radius 2 is 1.70 bits per heavy atom. The van der Waals surface area contributed by atoms with Crippen LogP contribution in [-0.2, 0) is 0 Å². The van der Waals surface area contributed by atoms with Gasteiger partial charge < -0.3 is 15.2 Å². The molecule has 0 spiro atoms. The van der Waals surface area contributed by atoms with Gasteiger partial charge in [-0.05, 0) is 65.2 Å². The second kappa shape index (κ2) is 9.52. The van der Waals surface area contributed by atoms with Gasteiger partial charge in [0, 0.05) is 50.5 Å². The van der Waals surface area contributed by atoms with Crippen molar-refractivity contribution >= 4 is 48.9 Å². The number of hydrogen-bond acceptors (Lipinski definition) is 5. The molecule has 0 bridgehead atoms. The van der Waals surface area contributed by atoms with Gasteiger partial charge in [0.1, 0.15) is 12.3 Å². The highest BCUT2D eigenvalue weighted by Gasteiger charge is 2.28. The van der Waals surface area contributed by atoms with Crippen molar-refractivity contribution in [2.75, 3.05) is 6.54 Å². The molecule has 5 heterocycles. The Balaban J connectivity index is 1.34. The first-order valence-electron chi connectivity index (χ1n) is 13.6. The number of fused-ring (bicyclic) bond motifs is 5. The lowest BCUT2D eigenvalue weighted by Gasteiger charge is -2.35. The van der Waals surface area contributed by atoms with Crippen LogP contribution in [0.1, 0.15) is 11.7 Å². The van der Waals surface area contributed by atoms with Crippen LogP contribution >= 0.6 is 11.3 Å². The standard InChI is InChI=1S/C34H27N5S/c1-2-6-23(7-3-1)30-20-25-10-11-29-32(33(25)40-30)26-8-4-5-9-28(26)39(29)31-21-27(22-12-16-35-17-13-22)37-34(38-31)24-14-18-36-19-15-24/h1-18,20-21,31,34,36-38H,19H2. The van der Waals surface area contributed by atoms with Crippen molar-refractivity contribution in [1.29, 1.82) is 0 Å². The van der Waals surface area contributed by atoms with Gasteiger partial charge in [-0.1, -0.05) is 60.7 Å². The molecule has 0 fully saturated rings. The van der Waals surface area contributed by atoms with E-state index in [0.717, 1.165) is 17.8 Å². The van der Waals surface area contributed by atoms with Crippen LogP contribution in [0.5, 0.6) is 0 Å². The number of hydrogen-bond donors (Lipinski definition) is 3. The zero-order chi connectivity index (χ0) is 26.5. The molecule has 3 aromatic carbocycles. The van der Waals surface area contributed by atoms with E-state index in [1.165, 1.54) is 47.9 Å². The van der Waals surface area contributed by atoms with Crippen LogP contribution in [0.25, 0.3) is 48.0 Å². The van der Waals surface area contributed by atoms with Gasteiger partial charge in [-0.2, -0.15) is 0 Å². The number of aromatic nitrogens is 2. The normalized spacial score (nSPS) is 18.9. The summed E-state index contributed by atoms with van der Waals surface area (Å²) in [5.74, 6) is 0. The van der Waals surface area contributed by atoms with E-state index in [0.29, 0.717) is 0 Å². The zero-order valence-corrected chi connectivity index (χ0v) is 22.5. The number of rotatable bonds is 4. The monoisotopic (exact) mass is 537 g/mol. The van der Waals surface area contributed by atoms with E-state index in [1.807, 2.05) is 29.9 Å². The molecule has 6 aromatic rings. The molecule has 0 aliphatic carbocycles. The summed E-state index contributed by atoms with van der Waals surface area (Å²) in [6, 6.07) is 30.5. The number of nitrogens with zero attached hydrogens (tertiary/aromatic N) is 2. The smallest absolute Gasteiger partial charge is 0.108 e. The molecule has 2 atom stereocenters. The highest BCUT2D eigenvalue weighted by atomic mass is 32.1. The summed E-state index contributed by atoms with van der Waals surface area (Å²) in [5, 5.41) is 14.8.